The van der Waals surface area contributed by atoms with Crippen LogP contribution < -0.4 is 4.84 Å². The van der Waals surface area contributed by atoms with Crippen LogP contribution in [0.3, 0.4) is 0 Å². The van der Waals surface area contributed by atoms with Crippen LogP contribution in [0.25, 0.3) is 21.8 Å². The highest BCUT2D eigenvalue weighted by atomic mass is 17.0. The molecule has 0 unspecified atom stereocenters. The van der Waals surface area contributed by atoms with Gasteiger partial charge >= 0.3 is 0 Å². The minimum Gasteiger partial charge on any atom is -0.275 e. The van der Waals surface area contributed by atoms with Crippen molar-refractivity contribution >= 4 is 21.8 Å². The highest BCUT2D eigenvalue weighted by Crippen LogP contribution is 2.29. The van der Waals surface area contributed by atoms with Crippen LogP contribution in [0.1, 0.15) is 11.1 Å². The quantitative estimate of drug-likeness (QED) is 0.408. The Kier molecular flexibility index (Phi) is 2.88. The van der Waals surface area contributed by atoms with E-state index in [0.29, 0.717) is 22.0 Å². The smallest absolute Gasteiger partial charge is 0.275 e. The highest BCUT2D eigenvalue weighted by molar-refractivity contribution is 5.98. The molecule has 3 rings (SSSR count). The van der Waals surface area contributed by atoms with Crippen molar-refractivity contribution < 1.29 is 9.92 Å². The Balaban J connectivity index is 2.38. The average Bonchev–Trinajstić information content (AvgIpc) is 2.45. The van der Waals surface area contributed by atoms with Crippen molar-refractivity contribution in [2.24, 2.45) is 0 Å². The Morgan fingerprint density at radius 3 is 2.86 bits per heavy atom. The van der Waals surface area contributed by atoms with Crippen molar-refractivity contribution in [1.29, 1.82) is 5.26 Å². The van der Waals surface area contributed by atoms with E-state index in [-0.39, 0.29) is 5.75 Å². The molecule has 0 atom stereocenters. The number of aryl methyl sites for hydroxylation is 1. The Labute approximate surface area is 119 Å². The summed E-state index contributed by atoms with van der Waals surface area (Å²) < 4.78 is 0. The van der Waals surface area contributed by atoms with Crippen molar-refractivity contribution in [3.05, 3.63) is 57.6 Å². The molecule has 0 bridgehead atoms. The van der Waals surface area contributed by atoms with Crippen LogP contribution in [0.15, 0.2) is 36.4 Å². The fourth-order valence-electron chi connectivity index (χ4n) is 2.30. The standard InChI is InChI=1S/C15H9N3O3/c1-9-5-6-10-7-11-13(17-15(10)12(9)8-16)3-2-4-14(11)21-18(19)20/h2-7H,1H3. The average molecular weight is 279 g/mol. The summed E-state index contributed by atoms with van der Waals surface area (Å²) in [6.45, 7) is 1.84. The maximum Gasteiger partial charge on any atom is 0.299 e. The van der Waals surface area contributed by atoms with E-state index in [1.807, 2.05) is 19.1 Å². The summed E-state index contributed by atoms with van der Waals surface area (Å²) >= 11 is 0. The van der Waals surface area contributed by atoms with Crippen LogP contribution >= 0.6 is 0 Å². The van der Waals surface area contributed by atoms with Gasteiger partial charge in [-0.15, -0.1) is 10.1 Å². The van der Waals surface area contributed by atoms with E-state index in [9.17, 15) is 15.4 Å². The molecule has 0 saturated heterocycles. The summed E-state index contributed by atoms with van der Waals surface area (Å²) in [7, 11) is 0. The second kappa shape index (κ2) is 4.72. The Morgan fingerprint density at radius 1 is 1.33 bits per heavy atom. The number of pyridine rings is 1. The van der Waals surface area contributed by atoms with Crippen molar-refractivity contribution in [2.45, 2.75) is 6.92 Å². The zero-order valence-corrected chi connectivity index (χ0v) is 11.0. The SMILES string of the molecule is Cc1ccc2cc3c(O[N+](=O)[O-])cccc3nc2c1C#N. The van der Waals surface area contributed by atoms with Crippen molar-refractivity contribution in [3.63, 3.8) is 0 Å². The predicted octanol–water partition coefficient (Wildman–Crippen LogP) is 3.14. The monoisotopic (exact) mass is 279 g/mol. The van der Waals surface area contributed by atoms with Gasteiger partial charge in [0, 0.05) is 10.8 Å². The largest absolute Gasteiger partial charge is 0.299 e. The zero-order chi connectivity index (χ0) is 15.0. The maximum atomic E-state index is 10.5. The van der Waals surface area contributed by atoms with E-state index in [1.165, 1.54) is 6.07 Å². The molecule has 1 aromatic heterocycles. The van der Waals surface area contributed by atoms with Gasteiger partial charge in [0.15, 0.2) is 0 Å². The van der Waals surface area contributed by atoms with Gasteiger partial charge in [0.05, 0.1) is 16.6 Å². The number of rotatable bonds is 2. The first-order valence-corrected chi connectivity index (χ1v) is 6.15. The molecule has 102 valence electrons. The minimum absolute atomic E-state index is 0.131. The lowest BCUT2D eigenvalue weighted by Gasteiger charge is -2.08. The molecule has 0 aliphatic rings. The molecule has 0 saturated carbocycles. The third-order valence-corrected chi connectivity index (χ3v) is 3.28. The lowest BCUT2D eigenvalue weighted by molar-refractivity contribution is -0.710. The van der Waals surface area contributed by atoms with Crippen LogP contribution in [-0.4, -0.2) is 10.1 Å². The minimum atomic E-state index is -0.852. The number of aromatic nitrogens is 1. The van der Waals surface area contributed by atoms with Crippen LogP contribution in [0.5, 0.6) is 5.75 Å². The normalized spacial score (nSPS) is 10.5. The predicted molar refractivity (Wildman–Crippen MR) is 76.3 cm³/mol. The first-order chi connectivity index (χ1) is 10.1. The van der Waals surface area contributed by atoms with E-state index in [0.717, 1.165) is 10.9 Å². The molecule has 0 amide bonds. The first-order valence-electron chi connectivity index (χ1n) is 6.15. The van der Waals surface area contributed by atoms with Crippen molar-refractivity contribution in [1.82, 2.24) is 4.98 Å². The van der Waals surface area contributed by atoms with Crippen LogP contribution in [0.2, 0.25) is 0 Å². The van der Waals surface area contributed by atoms with Crippen LogP contribution in [0.4, 0.5) is 0 Å². The van der Waals surface area contributed by atoms with Gasteiger partial charge in [-0.25, -0.2) is 4.98 Å². The summed E-state index contributed by atoms with van der Waals surface area (Å²) in [6, 6.07) is 12.4. The van der Waals surface area contributed by atoms with Crippen molar-refractivity contribution in [3.8, 4) is 11.8 Å². The number of nitrogens with zero attached hydrogens (tertiary/aromatic N) is 3. The fourth-order valence-corrected chi connectivity index (χ4v) is 2.30. The van der Waals surface area contributed by atoms with Gasteiger partial charge in [0.25, 0.3) is 5.09 Å². The molecule has 0 spiro atoms. The summed E-state index contributed by atoms with van der Waals surface area (Å²) in [5.41, 5.74) is 2.48. The molecule has 1 heterocycles. The Hall–Kier alpha value is -3.20. The molecule has 0 N–H and O–H groups in total. The van der Waals surface area contributed by atoms with Gasteiger partial charge in [-0.2, -0.15) is 5.26 Å². The second-order valence-corrected chi connectivity index (χ2v) is 4.57. The van der Waals surface area contributed by atoms with Gasteiger partial charge in [0.2, 0.25) is 0 Å². The van der Waals surface area contributed by atoms with E-state index >= 15 is 0 Å². The number of nitriles is 1. The number of benzene rings is 2. The highest BCUT2D eigenvalue weighted by Gasteiger charge is 2.11. The first kappa shape index (κ1) is 12.8. The van der Waals surface area contributed by atoms with Crippen molar-refractivity contribution in [2.75, 3.05) is 0 Å². The maximum absolute atomic E-state index is 10.5. The van der Waals surface area contributed by atoms with Gasteiger partial charge in [0.1, 0.15) is 11.8 Å². The number of hydrogen-bond donors (Lipinski definition) is 0. The fraction of sp³-hybridized carbons (Fsp3) is 0.0667. The van der Waals surface area contributed by atoms with Gasteiger partial charge in [-0.3, -0.25) is 4.84 Å². The van der Waals surface area contributed by atoms with E-state index in [1.54, 1.807) is 18.2 Å². The molecule has 21 heavy (non-hydrogen) atoms. The molecule has 0 fully saturated rings. The Morgan fingerprint density at radius 2 is 2.14 bits per heavy atom. The summed E-state index contributed by atoms with van der Waals surface area (Å²) in [5.74, 6) is 0.131. The molecule has 6 nitrogen and oxygen atoms in total. The summed E-state index contributed by atoms with van der Waals surface area (Å²) in [6.07, 6.45) is 0. The van der Waals surface area contributed by atoms with E-state index in [2.05, 4.69) is 15.9 Å². The summed E-state index contributed by atoms with van der Waals surface area (Å²) in [5, 5.41) is 20.2. The molecule has 0 radical (unpaired) electrons. The summed E-state index contributed by atoms with van der Waals surface area (Å²) in [4.78, 5) is 19.6. The second-order valence-electron chi connectivity index (χ2n) is 4.57. The third kappa shape index (κ3) is 2.11. The molecule has 0 aliphatic heterocycles. The topological polar surface area (TPSA) is 89.1 Å². The zero-order valence-electron chi connectivity index (χ0n) is 11.0. The molecule has 0 aliphatic carbocycles. The van der Waals surface area contributed by atoms with Gasteiger partial charge < -0.3 is 0 Å². The van der Waals surface area contributed by atoms with Gasteiger partial charge in [-0.05, 0) is 30.7 Å². The molecular formula is C15H9N3O3. The van der Waals surface area contributed by atoms with Crippen LogP contribution in [-0.2, 0) is 0 Å². The Bertz CT molecular complexity index is 929. The number of hydrogen-bond acceptors (Lipinski definition) is 5. The lowest BCUT2D eigenvalue weighted by Crippen LogP contribution is -2.04. The van der Waals surface area contributed by atoms with Gasteiger partial charge in [-0.1, -0.05) is 18.2 Å². The van der Waals surface area contributed by atoms with Crippen LogP contribution in [0, 0.1) is 28.4 Å². The molecule has 3 aromatic rings. The molecular weight excluding hydrogens is 270 g/mol. The third-order valence-electron chi connectivity index (χ3n) is 3.28. The lowest BCUT2D eigenvalue weighted by atomic mass is 10.0. The van der Waals surface area contributed by atoms with E-state index < -0.39 is 5.09 Å². The number of fused-ring (bicyclic) bond motifs is 2. The molecule has 2 aromatic carbocycles. The molecule has 6 heteroatoms. The van der Waals surface area contributed by atoms with E-state index in [4.69, 9.17) is 0 Å².